The van der Waals surface area contributed by atoms with E-state index < -0.39 is 17.8 Å². The van der Waals surface area contributed by atoms with Gasteiger partial charge in [-0.25, -0.2) is 4.39 Å². The third-order valence-corrected chi connectivity index (χ3v) is 4.44. The Morgan fingerprint density at radius 1 is 1.41 bits per heavy atom. The predicted molar refractivity (Wildman–Crippen MR) is 79.8 cm³/mol. The Hall–Kier alpha value is -1.89. The van der Waals surface area contributed by atoms with E-state index in [-0.39, 0.29) is 29.1 Å². The fraction of sp³-hybridized carbons (Fsp3) is 0.400. The quantitative estimate of drug-likeness (QED) is 0.898. The van der Waals surface area contributed by atoms with Gasteiger partial charge in [0, 0.05) is 25.1 Å². The van der Waals surface area contributed by atoms with Crippen LogP contribution >= 0.6 is 11.8 Å². The summed E-state index contributed by atoms with van der Waals surface area (Å²) in [6, 6.07) is 4.81. The molecule has 0 aromatic heterocycles. The van der Waals surface area contributed by atoms with Gasteiger partial charge in [-0.2, -0.15) is 0 Å². The molecular weight excluding hydrogens is 309 g/mol. The second-order valence-electron chi connectivity index (χ2n) is 5.15. The molecule has 1 aliphatic rings. The fourth-order valence-electron chi connectivity index (χ4n) is 2.57. The number of halogens is 1. The number of hydrogen-bond donors (Lipinski definition) is 1. The summed E-state index contributed by atoms with van der Waals surface area (Å²) in [7, 11) is 0. The molecule has 1 aromatic rings. The van der Waals surface area contributed by atoms with Gasteiger partial charge in [0.2, 0.25) is 5.91 Å². The Morgan fingerprint density at radius 3 is 2.59 bits per heavy atom. The van der Waals surface area contributed by atoms with Gasteiger partial charge in [0.25, 0.3) is 0 Å². The van der Waals surface area contributed by atoms with E-state index in [9.17, 15) is 18.8 Å². The lowest BCUT2D eigenvalue weighted by Gasteiger charge is -2.27. The van der Waals surface area contributed by atoms with Crippen molar-refractivity contribution < 1.29 is 23.9 Å². The number of carbonyl (C=O) groups is 3. The summed E-state index contributed by atoms with van der Waals surface area (Å²) >= 11 is 1.09. The molecule has 1 aliphatic heterocycles. The maximum atomic E-state index is 13.0. The van der Waals surface area contributed by atoms with Crippen molar-refractivity contribution in [3.63, 3.8) is 0 Å². The monoisotopic (exact) mass is 325 g/mol. The molecule has 1 heterocycles. The zero-order valence-corrected chi connectivity index (χ0v) is 12.8. The van der Waals surface area contributed by atoms with Crippen LogP contribution in [0.2, 0.25) is 0 Å². The van der Waals surface area contributed by atoms with Crippen molar-refractivity contribution in [1.29, 1.82) is 0 Å². The Bertz CT molecular complexity index is 590. The van der Waals surface area contributed by atoms with Crippen LogP contribution in [0.4, 0.5) is 4.39 Å². The zero-order valence-electron chi connectivity index (χ0n) is 12.0. The molecule has 2 atom stereocenters. The number of likely N-dealkylation sites (tertiary alicyclic amines) is 1. The minimum absolute atomic E-state index is 0.0729. The van der Waals surface area contributed by atoms with Crippen molar-refractivity contribution in [2.75, 3.05) is 6.54 Å². The van der Waals surface area contributed by atoms with Crippen molar-refractivity contribution in [1.82, 2.24) is 4.90 Å². The van der Waals surface area contributed by atoms with E-state index in [4.69, 9.17) is 5.11 Å². The first-order chi connectivity index (χ1) is 10.4. The van der Waals surface area contributed by atoms with Crippen LogP contribution < -0.4 is 0 Å². The number of aliphatic carboxylic acids is 1. The van der Waals surface area contributed by atoms with E-state index in [1.807, 2.05) is 0 Å². The third kappa shape index (κ3) is 4.07. The van der Waals surface area contributed by atoms with Crippen LogP contribution in [0.25, 0.3) is 0 Å². The number of carboxylic acids is 1. The van der Waals surface area contributed by atoms with Crippen LogP contribution in [0.15, 0.2) is 24.3 Å². The maximum Gasteiger partial charge on any atom is 0.305 e. The molecule has 1 fully saturated rings. The highest BCUT2D eigenvalue weighted by atomic mass is 32.2. The first-order valence-corrected chi connectivity index (χ1v) is 7.68. The molecular formula is C15H16FNO4S. The highest BCUT2D eigenvalue weighted by Gasteiger charge is 2.36. The van der Waals surface area contributed by atoms with Crippen molar-refractivity contribution >= 4 is 28.8 Å². The van der Waals surface area contributed by atoms with Gasteiger partial charge in [0.05, 0.1) is 12.5 Å². The smallest absolute Gasteiger partial charge is 0.305 e. The number of thioether (sulfide) groups is 1. The Labute approximate surface area is 131 Å². The normalized spacial score (nSPS) is 19.3. The Kier molecular flexibility index (Phi) is 5.18. The predicted octanol–water partition coefficient (Wildman–Crippen LogP) is 2.22. The van der Waals surface area contributed by atoms with Crippen LogP contribution in [0, 0.1) is 5.82 Å². The summed E-state index contributed by atoms with van der Waals surface area (Å²) in [5.41, 5.74) is 0.575. The lowest BCUT2D eigenvalue weighted by Crippen LogP contribution is -2.32. The topological polar surface area (TPSA) is 74.7 Å². The van der Waals surface area contributed by atoms with Crippen LogP contribution in [-0.2, 0) is 14.4 Å². The van der Waals surface area contributed by atoms with Crippen LogP contribution in [0.1, 0.15) is 31.4 Å². The first kappa shape index (κ1) is 16.5. The number of benzene rings is 1. The van der Waals surface area contributed by atoms with E-state index in [1.165, 1.54) is 36.1 Å². The van der Waals surface area contributed by atoms with Crippen molar-refractivity contribution in [3.05, 3.63) is 35.6 Å². The lowest BCUT2D eigenvalue weighted by atomic mass is 10.0. The Balaban J connectivity index is 2.22. The third-order valence-electron chi connectivity index (χ3n) is 3.45. The largest absolute Gasteiger partial charge is 0.481 e. The zero-order chi connectivity index (χ0) is 16.3. The van der Waals surface area contributed by atoms with Gasteiger partial charge < -0.3 is 10.0 Å². The van der Waals surface area contributed by atoms with Gasteiger partial charge in [-0.3, -0.25) is 14.4 Å². The number of carbonyl (C=O) groups excluding carboxylic acids is 2. The van der Waals surface area contributed by atoms with E-state index in [2.05, 4.69) is 0 Å². The second kappa shape index (κ2) is 6.91. The van der Waals surface area contributed by atoms with Gasteiger partial charge in [0.1, 0.15) is 5.82 Å². The number of amides is 1. The van der Waals surface area contributed by atoms with E-state index in [1.54, 1.807) is 0 Å². The van der Waals surface area contributed by atoms with Gasteiger partial charge in [-0.15, -0.1) is 0 Å². The Morgan fingerprint density at radius 2 is 2.05 bits per heavy atom. The van der Waals surface area contributed by atoms with Crippen molar-refractivity contribution in [2.45, 2.75) is 31.1 Å². The molecule has 118 valence electrons. The molecule has 1 N–H and O–H groups in total. The van der Waals surface area contributed by atoms with Crippen LogP contribution in [-0.4, -0.2) is 38.8 Å². The molecule has 1 saturated heterocycles. The van der Waals surface area contributed by atoms with Gasteiger partial charge in [0.15, 0.2) is 5.12 Å². The summed E-state index contributed by atoms with van der Waals surface area (Å²) in [5, 5.41) is 8.85. The molecule has 0 spiro atoms. The van der Waals surface area contributed by atoms with Gasteiger partial charge in [-0.05, 0) is 17.7 Å². The van der Waals surface area contributed by atoms with Gasteiger partial charge >= 0.3 is 5.97 Å². The van der Waals surface area contributed by atoms with Gasteiger partial charge in [-0.1, -0.05) is 23.9 Å². The van der Waals surface area contributed by atoms with Crippen LogP contribution in [0.3, 0.4) is 0 Å². The molecule has 1 amide bonds. The average Bonchev–Trinajstić information content (AvgIpc) is 2.76. The number of rotatable bonds is 5. The molecule has 0 saturated carbocycles. The fourth-order valence-corrected chi connectivity index (χ4v) is 3.50. The molecule has 1 aromatic carbocycles. The number of nitrogens with zero attached hydrogens (tertiary/aromatic N) is 1. The average molecular weight is 325 g/mol. The maximum absolute atomic E-state index is 13.0. The van der Waals surface area contributed by atoms with Crippen molar-refractivity contribution in [2.24, 2.45) is 0 Å². The molecule has 5 nitrogen and oxygen atoms in total. The molecule has 7 heteroatoms. The molecule has 0 radical (unpaired) electrons. The van der Waals surface area contributed by atoms with E-state index >= 15 is 0 Å². The molecule has 2 unspecified atom stereocenters. The summed E-state index contributed by atoms with van der Waals surface area (Å²) < 4.78 is 13.0. The number of hydrogen-bond acceptors (Lipinski definition) is 4. The van der Waals surface area contributed by atoms with Crippen LogP contribution in [0.5, 0.6) is 0 Å². The molecule has 0 bridgehead atoms. The SMILES string of the molecule is CC(=O)SC1CC(=O)N(C(CC(=O)O)c2ccc(F)cc2)C1. The minimum Gasteiger partial charge on any atom is -0.481 e. The summed E-state index contributed by atoms with van der Waals surface area (Å²) in [5.74, 6) is -1.64. The summed E-state index contributed by atoms with van der Waals surface area (Å²) in [4.78, 5) is 35.9. The molecule has 2 rings (SSSR count). The highest BCUT2D eigenvalue weighted by Crippen LogP contribution is 2.33. The first-order valence-electron chi connectivity index (χ1n) is 6.80. The highest BCUT2D eigenvalue weighted by molar-refractivity contribution is 8.14. The lowest BCUT2D eigenvalue weighted by molar-refractivity contribution is -0.140. The summed E-state index contributed by atoms with van der Waals surface area (Å²) in [6.07, 6.45) is -0.0452. The standard InChI is InChI=1S/C15H16FNO4S/c1-9(18)22-12-6-14(19)17(8-12)13(7-15(20)21)10-2-4-11(16)5-3-10/h2-5,12-13H,6-8H2,1H3,(H,20,21). The van der Waals surface area contributed by atoms with E-state index in [0.29, 0.717) is 12.1 Å². The minimum atomic E-state index is -1.04. The molecule has 22 heavy (non-hydrogen) atoms. The van der Waals surface area contributed by atoms with E-state index in [0.717, 1.165) is 11.8 Å². The summed E-state index contributed by atoms with van der Waals surface area (Å²) in [6.45, 7) is 1.75. The molecule has 0 aliphatic carbocycles. The second-order valence-corrected chi connectivity index (χ2v) is 6.62. The number of carboxylic acid groups (broad SMARTS) is 1. The van der Waals surface area contributed by atoms with Crippen molar-refractivity contribution in [3.8, 4) is 0 Å².